The molecule has 2 amide bonds. The molecule has 23 heavy (non-hydrogen) atoms. The zero-order valence-electron chi connectivity index (χ0n) is 14.0. The first kappa shape index (κ1) is 15.0. The van der Waals surface area contributed by atoms with E-state index in [-0.39, 0.29) is 22.9 Å². The maximum absolute atomic E-state index is 12.4. The van der Waals surface area contributed by atoms with Crippen molar-refractivity contribution < 1.29 is 9.53 Å². The summed E-state index contributed by atoms with van der Waals surface area (Å²) in [5.41, 5.74) is 1.54. The molecule has 1 heterocycles. The smallest absolute Gasteiger partial charge is 0.315 e. The van der Waals surface area contributed by atoms with Gasteiger partial charge in [-0.05, 0) is 24.8 Å². The number of hydrogen-bond donors (Lipinski definition) is 2. The van der Waals surface area contributed by atoms with Crippen molar-refractivity contribution in [1.82, 2.24) is 10.6 Å². The van der Waals surface area contributed by atoms with Gasteiger partial charge in [0.2, 0.25) is 0 Å². The third kappa shape index (κ3) is 2.44. The van der Waals surface area contributed by atoms with E-state index < -0.39 is 0 Å². The van der Waals surface area contributed by atoms with Crippen molar-refractivity contribution in [3.63, 3.8) is 0 Å². The molecule has 2 saturated carbocycles. The quantitative estimate of drug-likeness (QED) is 0.898. The van der Waals surface area contributed by atoms with Gasteiger partial charge in [-0.15, -0.1) is 0 Å². The molecule has 0 radical (unpaired) electrons. The fraction of sp³-hybridized carbons (Fsp3) is 0.632. The van der Waals surface area contributed by atoms with Gasteiger partial charge in [-0.25, -0.2) is 4.79 Å². The molecule has 1 aromatic rings. The van der Waals surface area contributed by atoms with E-state index in [9.17, 15) is 4.79 Å². The van der Waals surface area contributed by atoms with Crippen LogP contribution in [-0.4, -0.2) is 31.3 Å². The van der Waals surface area contributed by atoms with Crippen LogP contribution < -0.4 is 10.6 Å². The first-order valence-corrected chi connectivity index (χ1v) is 8.74. The van der Waals surface area contributed by atoms with Crippen LogP contribution in [0.5, 0.6) is 0 Å². The largest absolute Gasteiger partial charge is 0.377 e. The van der Waals surface area contributed by atoms with Gasteiger partial charge < -0.3 is 15.4 Å². The molecule has 3 fully saturated rings. The fourth-order valence-corrected chi connectivity index (χ4v) is 4.57. The number of benzene rings is 1. The van der Waals surface area contributed by atoms with Crippen molar-refractivity contribution in [3.8, 4) is 0 Å². The Hall–Kier alpha value is -1.55. The summed E-state index contributed by atoms with van der Waals surface area (Å²) in [6, 6.07) is 10.7. The van der Waals surface area contributed by atoms with Gasteiger partial charge in [0.15, 0.2) is 0 Å². The highest BCUT2D eigenvalue weighted by Gasteiger charge is 2.59. The lowest BCUT2D eigenvalue weighted by Crippen LogP contribution is -2.67. The van der Waals surface area contributed by atoms with Gasteiger partial charge >= 0.3 is 6.03 Å². The maximum atomic E-state index is 12.4. The third-order valence-corrected chi connectivity index (χ3v) is 6.21. The lowest BCUT2D eigenvalue weighted by molar-refractivity contribution is -0.108. The van der Waals surface area contributed by atoms with E-state index in [1.54, 1.807) is 0 Å². The minimum atomic E-state index is -0.0318. The Morgan fingerprint density at radius 1 is 1.26 bits per heavy atom. The highest BCUT2D eigenvalue weighted by molar-refractivity contribution is 5.75. The molecule has 124 valence electrons. The minimum absolute atomic E-state index is 0.0318. The van der Waals surface area contributed by atoms with Gasteiger partial charge in [0, 0.05) is 35.9 Å². The molecule has 1 aliphatic heterocycles. The SMILES string of the molecule is CC1(C)[C@H](NC(=O)NCC2(c3ccccc3)CC2)[C@H]2CCO[C@@H]21. The fourth-order valence-electron chi connectivity index (χ4n) is 4.57. The Morgan fingerprint density at radius 2 is 2.00 bits per heavy atom. The summed E-state index contributed by atoms with van der Waals surface area (Å²) < 4.78 is 5.79. The monoisotopic (exact) mass is 314 g/mol. The Bertz CT molecular complexity index is 595. The molecule has 1 aromatic carbocycles. The second-order valence-corrected chi connectivity index (χ2v) is 8.02. The summed E-state index contributed by atoms with van der Waals surface area (Å²) in [6.45, 7) is 5.93. The summed E-state index contributed by atoms with van der Waals surface area (Å²) in [7, 11) is 0. The molecule has 3 atom stereocenters. The lowest BCUT2D eigenvalue weighted by Gasteiger charge is -2.54. The highest BCUT2D eigenvalue weighted by atomic mass is 16.5. The van der Waals surface area contributed by atoms with Crippen molar-refractivity contribution in [2.45, 2.75) is 50.7 Å². The van der Waals surface area contributed by atoms with Crippen LogP contribution in [0, 0.1) is 11.3 Å². The van der Waals surface area contributed by atoms with Crippen LogP contribution in [0.4, 0.5) is 4.79 Å². The van der Waals surface area contributed by atoms with Crippen LogP contribution in [0.2, 0.25) is 0 Å². The van der Waals surface area contributed by atoms with Crippen LogP contribution in [0.25, 0.3) is 0 Å². The molecular formula is C19H26N2O2. The van der Waals surface area contributed by atoms with E-state index in [4.69, 9.17) is 4.74 Å². The average Bonchev–Trinajstić information content (AvgIpc) is 3.21. The van der Waals surface area contributed by atoms with E-state index in [0.717, 1.165) is 32.4 Å². The first-order chi connectivity index (χ1) is 11.0. The molecule has 0 spiro atoms. The van der Waals surface area contributed by atoms with Crippen molar-refractivity contribution in [1.29, 1.82) is 0 Å². The summed E-state index contributed by atoms with van der Waals surface area (Å²) in [6.07, 6.45) is 3.69. The number of fused-ring (bicyclic) bond motifs is 1. The first-order valence-electron chi connectivity index (χ1n) is 8.74. The van der Waals surface area contributed by atoms with Crippen LogP contribution in [0.15, 0.2) is 30.3 Å². The number of carbonyl (C=O) groups is 1. The van der Waals surface area contributed by atoms with Crippen LogP contribution in [0.1, 0.15) is 38.7 Å². The van der Waals surface area contributed by atoms with Crippen molar-refractivity contribution >= 4 is 6.03 Å². The second-order valence-electron chi connectivity index (χ2n) is 8.02. The highest BCUT2D eigenvalue weighted by Crippen LogP contribution is 2.52. The predicted octanol–water partition coefficient (Wildman–Crippen LogP) is 2.83. The van der Waals surface area contributed by atoms with E-state index >= 15 is 0 Å². The molecule has 0 aromatic heterocycles. The Balaban J connectivity index is 1.33. The number of rotatable bonds is 4. The topological polar surface area (TPSA) is 50.4 Å². The standard InChI is InChI=1S/C19H26N2O2/c1-18(2)15(14-8-11-23-16(14)18)21-17(22)20-12-19(9-10-19)13-6-4-3-5-7-13/h3-7,14-16H,8-12H2,1-2H3,(H2,20,21,22)/t14-,15-,16+/m1/s1. The molecule has 4 rings (SSSR count). The van der Waals surface area contributed by atoms with Gasteiger partial charge in [0.25, 0.3) is 0 Å². The van der Waals surface area contributed by atoms with Crippen molar-refractivity contribution in [3.05, 3.63) is 35.9 Å². The summed E-state index contributed by atoms with van der Waals surface area (Å²) in [4.78, 5) is 12.4. The Labute approximate surface area is 138 Å². The van der Waals surface area contributed by atoms with Crippen molar-refractivity contribution in [2.75, 3.05) is 13.2 Å². The zero-order chi connectivity index (χ0) is 16.1. The molecule has 2 N–H and O–H groups in total. The van der Waals surface area contributed by atoms with Crippen LogP contribution in [-0.2, 0) is 10.2 Å². The second kappa shape index (κ2) is 5.23. The van der Waals surface area contributed by atoms with Gasteiger partial charge in [-0.1, -0.05) is 44.2 Å². The van der Waals surface area contributed by atoms with Crippen LogP contribution >= 0.6 is 0 Å². The predicted molar refractivity (Wildman–Crippen MR) is 89.3 cm³/mol. The Morgan fingerprint density at radius 3 is 2.70 bits per heavy atom. The van der Waals surface area contributed by atoms with Gasteiger partial charge in [0.1, 0.15) is 0 Å². The average molecular weight is 314 g/mol. The molecular weight excluding hydrogens is 288 g/mol. The number of urea groups is 1. The van der Waals surface area contributed by atoms with E-state index in [0.29, 0.717) is 12.0 Å². The Kier molecular flexibility index (Phi) is 3.41. The molecule has 4 heteroatoms. The normalized spacial score (nSPS) is 32.5. The number of nitrogens with one attached hydrogen (secondary N) is 2. The van der Waals surface area contributed by atoms with E-state index in [1.165, 1.54) is 5.56 Å². The maximum Gasteiger partial charge on any atom is 0.315 e. The summed E-state index contributed by atoms with van der Waals surface area (Å²) in [5.74, 6) is 0.486. The van der Waals surface area contributed by atoms with E-state index in [2.05, 4.69) is 48.7 Å². The van der Waals surface area contributed by atoms with Crippen LogP contribution in [0.3, 0.4) is 0 Å². The number of hydrogen-bond acceptors (Lipinski definition) is 2. The van der Waals surface area contributed by atoms with E-state index in [1.807, 2.05) is 6.07 Å². The molecule has 2 aliphatic carbocycles. The van der Waals surface area contributed by atoms with Gasteiger partial charge in [-0.3, -0.25) is 0 Å². The third-order valence-electron chi connectivity index (χ3n) is 6.21. The molecule has 3 aliphatic rings. The minimum Gasteiger partial charge on any atom is -0.377 e. The van der Waals surface area contributed by atoms with Gasteiger partial charge in [0.05, 0.1) is 6.10 Å². The number of amides is 2. The number of carbonyl (C=O) groups excluding carboxylic acids is 1. The molecule has 0 bridgehead atoms. The van der Waals surface area contributed by atoms with Crippen molar-refractivity contribution in [2.24, 2.45) is 11.3 Å². The number of ether oxygens (including phenoxy) is 1. The molecule has 4 nitrogen and oxygen atoms in total. The molecule has 1 saturated heterocycles. The molecule has 0 unspecified atom stereocenters. The zero-order valence-corrected chi connectivity index (χ0v) is 14.0. The van der Waals surface area contributed by atoms with Gasteiger partial charge in [-0.2, -0.15) is 0 Å². The lowest BCUT2D eigenvalue weighted by atomic mass is 9.57. The summed E-state index contributed by atoms with van der Waals surface area (Å²) >= 11 is 0. The summed E-state index contributed by atoms with van der Waals surface area (Å²) in [5, 5.41) is 6.31.